The number of aromatic nitrogens is 1. The number of nitrogens with zero attached hydrogens (tertiary/aromatic N) is 2. The van der Waals surface area contributed by atoms with Crippen LogP contribution in [0.25, 0.3) is 21.2 Å². The lowest BCUT2D eigenvalue weighted by molar-refractivity contribution is 0.112. The molecule has 9 heteroatoms. The molecular formula is C27H25ClFN3O3S. The van der Waals surface area contributed by atoms with Crippen molar-refractivity contribution in [1.29, 1.82) is 0 Å². The smallest absolute Gasteiger partial charge is 0.172 e. The quantitative estimate of drug-likeness (QED) is 0.202. The predicted octanol–water partition coefficient (Wildman–Crippen LogP) is 6.15. The monoisotopic (exact) mass is 525 g/mol. The minimum absolute atomic E-state index is 0.180. The Morgan fingerprint density at radius 1 is 1.22 bits per heavy atom. The number of halogens is 2. The number of rotatable bonds is 9. The zero-order valence-corrected chi connectivity index (χ0v) is 21.0. The molecule has 1 unspecified atom stereocenters. The van der Waals surface area contributed by atoms with E-state index in [1.165, 1.54) is 11.5 Å². The van der Waals surface area contributed by atoms with Crippen molar-refractivity contribution in [3.8, 4) is 16.9 Å². The standard InChI is InChI=1S/C27H25ClFN3O3S/c28-25-19(4-1-6-22(25)30-27-21-9-8-17(16-33)14-24(21)36-31-27)20-5-2-7-23(26(20)29)35-13-3-11-32-12-10-18(34)15-32/h1-2,4-9,14,16,18,34H,3,10-13,15H2,(H,30,31). The fourth-order valence-electron chi connectivity index (χ4n) is 4.40. The van der Waals surface area contributed by atoms with Gasteiger partial charge in [0.15, 0.2) is 17.4 Å². The molecule has 6 nitrogen and oxygen atoms in total. The van der Waals surface area contributed by atoms with E-state index in [1.54, 1.807) is 42.5 Å². The number of β-amino-alcohol motifs (C(OH)–C–C–N with tert-alkyl or cyclic N) is 1. The maximum Gasteiger partial charge on any atom is 0.172 e. The van der Waals surface area contributed by atoms with Crippen LogP contribution in [0.15, 0.2) is 54.6 Å². The number of aliphatic hydroxyl groups excluding tert-OH is 1. The van der Waals surface area contributed by atoms with Crippen LogP contribution in [-0.4, -0.2) is 53.0 Å². The maximum atomic E-state index is 15.4. The summed E-state index contributed by atoms with van der Waals surface area (Å²) in [5, 5.41) is 14.1. The minimum Gasteiger partial charge on any atom is -0.490 e. The van der Waals surface area contributed by atoms with Gasteiger partial charge in [0.25, 0.3) is 0 Å². The van der Waals surface area contributed by atoms with E-state index in [2.05, 4.69) is 14.6 Å². The molecule has 0 radical (unpaired) electrons. The lowest BCUT2D eigenvalue weighted by Crippen LogP contribution is -2.24. The maximum absolute atomic E-state index is 15.4. The predicted molar refractivity (Wildman–Crippen MR) is 142 cm³/mol. The first-order chi connectivity index (χ1) is 17.5. The number of aliphatic hydroxyl groups is 1. The van der Waals surface area contributed by atoms with Crippen LogP contribution in [0.1, 0.15) is 23.2 Å². The molecule has 0 amide bonds. The molecule has 0 bridgehead atoms. The zero-order valence-electron chi connectivity index (χ0n) is 19.4. The summed E-state index contributed by atoms with van der Waals surface area (Å²) in [7, 11) is 0. The average molecular weight is 526 g/mol. The fourth-order valence-corrected chi connectivity index (χ4v) is 5.46. The highest BCUT2D eigenvalue weighted by Gasteiger charge is 2.20. The summed E-state index contributed by atoms with van der Waals surface area (Å²) >= 11 is 8.01. The van der Waals surface area contributed by atoms with Crippen molar-refractivity contribution < 1.29 is 19.0 Å². The second-order valence-corrected chi connectivity index (χ2v) is 9.94. The number of likely N-dealkylation sites (tertiary alicyclic amines) is 1. The van der Waals surface area contributed by atoms with Crippen molar-refractivity contribution in [2.45, 2.75) is 18.9 Å². The van der Waals surface area contributed by atoms with Crippen LogP contribution >= 0.6 is 23.1 Å². The van der Waals surface area contributed by atoms with Crippen LogP contribution in [0.4, 0.5) is 15.9 Å². The highest BCUT2D eigenvalue weighted by Crippen LogP contribution is 2.39. The first-order valence-corrected chi connectivity index (χ1v) is 12.9. The van der Waals surface area contributed by atoms with E-state index in [-0.39, 0.29) is 11.9 Å². The van der Waals surface area contributed by atoms with Crippen LogP contribution in [0.2, 0.25) is 5.02 Å². The van der Waals surface area contributed by atoms with E-state index in [0.29, 0.717) is 46.4 Å². The number of anilines is 2. The van der Waals surface area contributed by atoms with Gasteiger partial charge in [-0.05, 0) is 48.6 Å². The molecule has 0 aliphatic carbocycles. The molecule has 36 heavy (non-hydrogen) atoms. The summed E-state index contributed by atoms with van der Waals surface area (Å²) in [5.74, 6) is 0.336. The van der Waals surface area contributed by atoms with Gasteiger partial charge in [-0.2, -0.15) is 4.37 Å². The molecule has 0 spiro atoms. The molecule has 1 saturated heterocycles. The number of ether oxygens (including phenoxy) is 1. The molecule has 186 valence electrons. The van der Waals surface area contributed by atoms with Gasteiger partial charge in [-0.15, -0.1) is 0 Å². The Bertz CT molecular complexity index is 1400. The van der Waals surface area contributed by atoms with Crippen molar-refractivity contribution in [2.24, 2.45) is 0 Å². The minimum atomic E-state index is -0.464. The first kappa shape index (κ1) is 24.6. The van der Waals surface area contributed by atoms with Gasteiger partial charge in [-0.3, -0.25) is 4.79 Å². The van der Waals surface area contributed by atoms with Gasteiger partial charge in [0.2, 0.25) is 0 Å². The van der Waals surface area contributed by atoms with E-state index >= 15 is 4.39 Å². The van der Waals surface area contributed by atoms with Crippen LogP contribution in [-0.2, 0) is 0 Å². The summed E-state index contributed by atoms with van der Waals surface area (Å²) in [4.78, 5) is 13.2. The van der Waals surface area contributed by atoms with Crippen LogP contribution in [0, 0.1) is 5.82 Å². The lowest BCUT2D eigenvalue weighted by atomic mass is 10.0. The van der Waals surface area contributed by atoms with Gasteiger partial charge in [0.05, 0.1) is 28.1 Å². The molecule has 1 fully saturated rings. The van der Waals surface area contributed by atoms with E-state index < -0.39 is 5.82 Å². The Morgan fingerprint density at radius 3 is 2.86 bits per heavy atom. The summed E-state index contributed by atoms with van der Waals surface area (Å²) in [5.41, 5.74) is 2.07. The van der Waals surface area contributed by atoms with Gasteiger partial charge in [0.1, 0.15) is 6.29 Å². The second kappa shape index (κ2) is 10.9. The van der Waals surface area contributed by atoms with E-state index in [4.69, 9.17) is 16.3 Å². The summed E-state index contributed by atoms with van der Waals surface area (Å²) in [6.45, 7) is 2.75. The Hall–Kier alpha value is -3.04. The molecule has 1 atom stereocenters. The summed E-state index contributed by atoms with van der Waals surface area (Å²) in [6.07, 6.45) is 2.09. The number of carbonyl (C=O) groups excluding carboxylic acids is 1. The number of fused-ring (bicyclic) bond motifs is 1. The van der Waals surface area contributed by atoms with Crippen LogP contribution in [0.5, 0.6) is 5.75 Å². The normalized spacial score (nSPS) is 15.9. The molecule has 3 aromatic carbocycles. The number of aldehydes is 1. The van der Waals surface area contributed by atoms with Gasteiger partial charge in [-0.25, -0.2) is 4.39 Å². The SMILES string of the molecule is O=Cc1ccc2c(Nc3cccc(-c4cccc(OCCCN5CCC(O)C5)c4F)c3Cl)nsc2c1. The molecule has 0 saturated carbocycles. The largest absolute Gasteiger partial charge is 0.490 e. The molecule has 1 aliphatic rings. The topological polar surface area (TPSA) is 74.7 Å². The third-order valence-corrected chi connectivity index (χ3v) is 7.48. The van der Waals surface area contributed by atoms with Gasteiger partial charge < -0.3 is 20.1 Å². The Kier molecular flexibility index (Phi) is 7.48. The van der Waals surface area contributed by atoms with Crippen LogP contribution < -0.4 is 10.1 Å². The third kappa shape index (κ3) is 5.22. The molecule has 1 aliphatic heterocycles. The van der Waals surface area contributed by atoms with Gasteiger partial charge in [-0.1, -0.05) is 41.9 Å². The number of nitrogens with one attached hydrogen (secondary N) is 1. The van der Waals surface area contributed by atoms with Gasteiger partial charge in [0, 0.05) is 41.7 Å². The molecular weight excluding hydrogens is 501 g/mol. The van der Waals surface area contributed by atoms with E-state index in [0.717, 1.165) is 42.3 Å². The Balaban J connectivity index is 1.32. The summed E-state index contributed by atoms with van der Waals surface area (Å²) in [6, 6.07) is 15.8. The van der Waals surface area contributed by atoms with Crippen molar-refractivity contribution in [2.75, 3.05) is 31.6 Å². The highest BCUT2D eigenvalue weighted by molar-refractivity contribution is 7.13. The van der Waals surface area contributed by atoms with Crippen molar-refractivity contribution in [3.05, 3.63) is 71.0 Å². The Morgan fingerprint density at radius 2 is 2.06 bits per heavy atom. The number of carbonyl (C=O) groups is 1. The average Bonchev–Trinajstić information content (AvgIpc) is 3.49. The molecule has 4 aromatic rings. The number of hydrogen-bond donors (Lipinski definition) is 2. The summed E-state index contributed by atoms with van der Waals surface area (Å²) < 4.78 is 26.5. The number of benzene rings is 3. The fraction of sp³-hybridized carbons (Fsp3) is 0.259. The lowest BCUT2D eigenvalue weighted by Gasteiger charge is -2.16. The second-order valence-electron chi connectivity index (χ2n) is 8.76. The van der Waals surface area contributed by atoms with Crippen molar-refractivity contribution >= 4 is 51.0 Å². The third-order valence-electron chi connectivity index (χ3n) is 6.26. The van der Waals surface area contributed by atoms with Crippen molar-refractivity contribution in [3.63, 3.8) is 0 Å². The van der Waals surface area contributed by atoms with Crippen molar-refractivity contribution in [1.82, 2.24) is 9.27 Å². The van der Waals surface area contributed by atoms with Crippen LogP contribution in [0.3, 0.4) is 0 Å². The molecule has 2 heterocycles. The first-order valence-electron chi connectivity index (χ1n) is 11.8. The van der Waals surface area contributed by atoms with E-state index in [9.17, 15) is 9.90 Å². The molecule has 5 rings (SSSR count). The Labute approximate surface area is 217 Å². The zero-order chi connectivity index (χ0) is 25.1. The highest BCUT2D eigenvalue weighted by atomic mass is 35.5. The van der Waals surface area contributed by atoms with Gasteiger partial charge >= 0.3 is 0 Å². The molecule has 2 N–H and O–H groups in total. The number of hydrogen-bond acceptors (Lipinski definition) is 7. The molecule has 1 aromatic heterocycles. The van der Waals surface area contributed by atoms with E-state index in [1.807, 2.05) is 12.1 Å².